The van der Waals surface area contributed by atoms with Crippen LogP contribution in [0.3, 0.4) is 0 Å². The van der Waals surface area contributed by atoms with Crippen LogP contribution in [-0.2, 0) is 0 Å². The number of aromatic nitrogens is 2. The molecule has 0 spiro atoms. The molecular formula is C20H24FN5O. The highest BCUT2D eigenvalue weighted by molar-refractivity contribution is 5.88. The molecule has 142 valence electrons. The highest BCUT2D eigenvalue weighted by atomic mass is 19.1. The van der Waals surface area contributed by atoms with Gasteiger partial charge in [-0.1, -0.05) is 19.1 Å². The second kappa shape index (κ2) is 7.23. The Morgan fingerprint density at radius 2 is 2.11 bits per heavy atom. The van der Waals surface area contributed by atoms with E-state index in [1.54, 1.807) is 18.2 Å². The van der Waals surface area contributed by atoms with E-state index >= 15 is 0 Å². The molecule has 0 radical (unpaired) electrons. The van der Waals surface area contributed by atoms with E-state index in [0.717, 1.165) is 6.54 Å². The third-order valence-electron chi connectivity index (χ3n) is 5.84. The molecule has 1 aromatic heterocycles. The third-order valence-corrected chi connectivity index (χ3v) is 5.84. The summed E-state index contributed by atoms with van der Waals surface area (Å²) in [5.74, 6) is 0.728. The van der Waals surface area contributed by atoms with Crippen molar-refractivity contribution in [2.75, 3.05) is 31.5 Å². The van der Waals surface area contributed by atoms with E-state index < -0.39 is 0 Å². The molecule has 6 nitrogen and oxygen atoms in total. The Morgan fingerprint density at radius 1 is 1.30 bits per heavy atom. The molecule has 1 aromatic carbocycles. The summed E-state index contributed by atoms with van der Waals surface area (Å²) in [7, 11) is 0. The Morgan fingerprint density at radius 3 is 2.81 bits per heavy atom. The average molecular weight is 369 g/mol. The number of fused-ring (bicyclic) bond motifs is 3. The Hall–Kier alpha value is -2.54. The highest BCUT2D eigenvalue weighted by Crippen LogP contribution is 2.41. The molecule has 3 aliphatic heterocycles. The Labute approximate surface area is 158 Å². The number of nitrogens with one attached hydrogen (secondary N) is 2. The molecule has 2 N–H and O–H groups in total. The van der Waals surface area contributed by atoms with Crippen LogP contribution in [0.15, 0.2) is 36.7 Å². The summed E-state index contributed by atoms with van der Waals surface area (Å²) in [4.78, 5) is 23.1. The lowest BCUT2D eigenvalue weighted by molar-refractivity contribution is -0.0140. The molecule has 2 amide bonds. The van der Waals surface area contributed by atoms with Crippen molar-refractivity contribution < 1.29 is 9.18 Å². The molecule has 27 heavy (non-hydrogen) atoms. The van der Waals surface area contributed by atoms with Gasteiger partial charge in [0.25, 0.3) is 0 Å². The van der Waals surface area contributed by atoms with Gasteiger partial charge in [0.1, 0.15) is 18.0 Å². The van der Waals surface area contributed by atoms with E-state index in [-0.39, 0.29) is 17.3 Å². The fraction of sp³-hybridized carbons (Fsp3) is 0.450. The minimum Gasteiger partial charge on any atom is -0.337 e. The topological polar surface area (TPSA) is 70.1 Å². The maximum absolute atomic E-state index is 13.4. The molecule has 3 aliphatic rings. The van der Waals surface area contributed by atoms with Gasteiger partial charge in [0.05, 0.1) is 5.69 Å². The molecule has 5 rings (SSSR count). The number of anilines is 1. The minimum absolute atomic E-state index is 0.117. The van der Waals surface area contributed by atoms with Gasteiger partial charge in [-0.15, -0.1) is 0 Å². The number of piperidine rings is 3. The molecule has 0 saturated carbocycles. The second-order valence-electron chi connectivity index (χ2n) is 7.81. The predicted octanol–water partition coefficient (Wildman–Crippen LogP) is 3.14. The summed E-state index contributed by atoms with van der Waals surface area (Å²) in [6.07, 6.45) is 3.79. The highest BCUT2D eigenvalue weighted by Gasteiger charge is 2.43. The maximum Gasteiger partial charge on any atom is 0.320 e. The number of urea groups is 1. The van der Waals surface area contributed by atoms with Crippen molar-refractivity contribution in [2.45, 2.75) is 19.8 Å². The summed E-state index contributed by atoms with van der Waals surface area (Å²) in [5.41, 5.74) is 1.32. The summed E-state index contributed by atoms with van der Waals surface area (Å²) in [6.45, 7) is 6.29. The normalized spacial score (nSPS) is 26.6. The standard InChI is InChI=1S/C20H24FN5O/c1-20(12-26-7-5-15(20)6-8-26)11-22-19(27)25-18-10-17(23-13-24-18)14-3-2-4-16(21)9-14/h2-4,9-10,13,15H,5-8,11-12H2,1H3,(H2,22,23,24,25,27)/t20-/m1/s1. The third kappa shape index (κ3) is 3.93. The monoisotopic (exact) mass is 369 g/mol. The van der Waals surface area contributed by atoms with Gasteiger partial charge < -0.3 is 10.2 Å². The van der Waals surface area contributed by atoms with Crippen molar-refractivity contribution in [2.24, 2.45) is 11.3 Å². The van der Waals surface area contributed by atoms with Crippen molar-refractivity contribution in [3.63, 3.8) is 0 Å². The fourth-order valence-corrected chi connectivity index (χ4v) is 4.30. The molecule has 0 unspecified atom stereocenters. The van der Waals surface area contributed by atoms with E-state index in [4.69, 9.17) is 0 Å². The smallest absolute Gasteiger partial charge is 0.320 e. The van der Waals surface area contributed by atoms with Crippen LogP contribution in [0.4, 0.5) is 15.0 Å². The van der Waals surface area contributed by atoms with Crippen LogP contribution in [0.2, 0.25) is 0 Å². The Bertz CT molecular complexity index is 837. The van der Waals surface area contributed by atoms with Gasteiger partial charge in [0.15, 0.2) is 0 Å². The number of carbonyl (C=O) groups excluding carboxylic acids is 1. The largest absolute Gasteiger partial charge is 0.337 e. The van der Waals surface area contributed by atoms with Gasteiger partial charge in [0.2, 0.25) is 0 Å². The number of amides is 2. The number of nitrogens with zero attached hydrogens (tertiary/aromatic N) is 3. The minimum atomic E-state index is -0.330. The van der Waals surface area contributed by atoms with Crippen LogP contribution in [0.5, 0.6) is 0 Å². The number of carbonyl (C=O) groups is 1. The zero-order chi connectivity index (χ0) is 18.9. The summed E-state index contributed by atoms with van der Waals surface area (Å²) in [6, 6.07) is 7.54. The van der Waals surface area contributed by atoms with Crippen molar-refractivity contribution in [3.05, 3.63) is 42.5 Å². The molecular weight excluding hydrogens is 345 g/mol. The SMILES string of the molecule is C[C@@]1(CNC(=O)Nc2cc(-c3cccc(F)c3)ncn2)CN2CCC1CC2. The molecule has 3 saturated heterocycles. The van der Waals surface area contributed by atoms with E-state index in [9.17, 15) is 9.18 Å². The summed E-state index contributed by atoms with van der Waals surface area (Å²) in [5, 5.41) is 5.76. The van der Waals surface area contributed by atoms with E-state index in [2.05, 4.69) is 32.4 Å². The fourth-order valence-electron chi connectivity index (χ4n) is 4.30. The quantitative estimate of drug-likeness (QED) is 0.869. The Balaban J connectivity index is 1.38. The van der Waals surface area contributed by atoms with Crippen LogP contribution >= 0.6 is 0 Å². The molecule has 2 aromatic rings. The summed E-state index contributed by atoms with van der Waals surface area (Å²) >= 11 is 0. The second-order valence-corrected chi connectivity index (χ2v) is 7.81. The van der Waals surface area contributed by atoms with Crippen molar-refractivity contribution in [1.29, 1.82) is 0 Å². The lowest BCUT2D eigenvalue weighted by Crippen LogP contribution is -2.57. The summed E-state index contributed by atoms with van der Waals surface area (Å²) < 4.78 is 13.4. The van der Waals surface area contributed by atoms with Crippen LogP contribution < -0.4 is 10.6 Å². The molecule has 1 atom stereocenters. The Kier molecular flexibility index (Phi) is 4.78. The molecule has 0 aliphatic carbocycles. The first-order valence-electron chi connectivity index (χ1n) is 9.37. The number of halogens is 1. The van der Waals surface area contributed by atoms with Crippen LogP contribution in [0.25, 0.3) is 11.3 Å². The lowest BCUT2D eigenvalue weighted by atomic mass is 9.68. The molecule has 2 bridgehead atoms. The van der Waals surface area contributed by atoms with Crippen LogP contribution in [0, 0.1) is 17.2 Å². The average Bonchev–Trinajstić information content (AvgIpc) is 2.67. The van der Waals surface area contributed by atoms with Gasteiger partial charge in [-0.3, -0.25) is 5.32 Å². The first-order valence-corrected chi connectivity index (χ1v) is 9.37. The maximum atomic E-state index is 13.4. The van der Waals surface area contributed by atoms with E-state index in [1.807, 2.05) is 0 Å². The molecule has 3 fully saturated rings. The zero-order valence-electron chi connectivity index (χ0n) is 15.4. The molecule has 4 heterocycles. The number of hydrogen-bond acceptors (Lipinski definition) is 4. The lowest BCUT2D eigenvalue weighted by Gasteiger charge is -2.51. The van der Waals surface area contributed by atoms with E-state index in [0.29, 0.717) is 29.5 Å². The predicted molar refractivity (Wildman–Crippen MR) is 102 cm³/mol. The van der Waals surface area contributed by atoms with Crippen molar-refractivity contribution >= 4 is 11.8 Å². The zero-order valence-corrected chi connectivity index (χ0v) is 15.4. The van der Waals surface area contributed by atoms with Gasteiger partial charge in [-0.25, -0.2) is 19.2 Å². The molecule has 7 heteroatoms. The van der Waals surface area contributed by atoms with Crippen LogP contribution in [-0.4, -0.2) is 47.1 Å². The first kappa shape index (κ1) is 17.9. The van der Waals surface area contributed by atoms with Crippen molar-refractivity contribution in [1.82, 2.24) is 20.2 Å². The van der Waals surface area contributed by atoms with Gasteiger partial charge in [-0.05, 0) is 44.0 Å². The van der Waals surface area contributed by atoms with Gasteiger partial charge in [-0.2, -0.15) is 0 Å². The van der Waals surface area contributed by atoms with Crippen LogP contribution in [0.1, 0.15) is 19.8 Å². The van der Waals surface area contributed by atoms with Gasteiger partial charge in [0, 0.05) is 30.1 Å². The van der Waals surface area contributed by atoms with Gasteiger partial charge >= 0.3 is 6.03 Å². The first-order chi connectivity index (χ1) is 13.0. The number of benzene rings is 1. The number of hydrogen-bond donors (Lipinski definition) is 2. The van der Waals surface area contributed by atoms with Crippen molar-refractivity contribution in [3.8, 4) is 11.3 Å². The number of rotatable bonds is 4. The van der Waals surface area contributed by atoms with E-state index in [1.165, 1.54) is 44.4 Å².